The molecule has 2 heterocycles. The van der Waals surface area contributed by atoms with E-state index in [9.17, 15) is 0 Å². The van der Waals surface area contributed by atoms with Crippen LogP contribution in [0.2, 0.25) is 0 Å². The Kier molecular flexibility index (Phi) is 3.21. The summed E-state index contributed by atoms with van der Waals surface area (Å²) in [5.41, 5.74) is 6.85. The Hall–Kier alpha value is -2.61. The monoisotopic (exact) mass is 327 g/mol. The molecule has 2 unspecified atom stereocenters. The average Bonchev–Trinajstić information content (AvgIpc) is 3.02. The standard InChI is InChI=1S/C23H21NO/c1-14-8-9-15(2)19-13-21-20(12-18(14)19)17-10-11-24-22(23(17)25-21)16-6-4-3-5-7-16/h3-7,10-15H,8-9H2,1-2H3. The predicted molar refractivity (Wildman–Crippen MR) is 103 cm³/mol. The van der Waals surface area contributed by atoms with Gasteiger partial charge >= 0.3 is 0 Å². The number of hydrogen-bond acceptors (Lipinski definition) is 2. The van der Waals surface area contributed by atoms with Crippen molar-refractivity contribution in [2.75, 3.05) is 0 Å². The first-order chi connectivity index (χ1) is 12.2. The molecule has 0 radical (unpaired) electrons. The molecule has 5 rings (SSSR count). The molecule has 0 N–H and O–H groups in total. The summed E-state index contributed by atoms with van der Waals surface area (Å²) in [6.07, 6.45) is 4.42. The lowest BCUT2D eigenvalue weighted by Gasteiger charge is -2.27. The third-order valence-corrected chi connectivity index (χ3v) is 5.73. The van der Waals surface area contributed by atoms with Gasteiger partial charge in [-0.2, -0.15) is 0 Å². The third-order valence-electron chi connectivity index (χ3n) is 5.73. The predicted octanol–water partition coefficient (Wildman–Crippen LogP) is 6.65. The summed E-state index contributed by atoms with van der Waals surface area (Å²) in [5.74, 6) is 1.23. The van der Waals surface area contributed by atoms with E-state index >= 15 is 0 Å². The molecule has 0 fully saturated rings. The molecule has 0 spiro atoms. The molecule has 2 nitrogen and oxygen atoms in total. The Morgan fingerprint density at radius 2 is 1.60 bits per heavy atom. The normalized spacial score (nSPS) is 20.1. The van der Waals surface area contributed by atoms with Gasteiger partial charge in [-0.05, 0) is 54.0 Å². The summed E-state index contributed by atoms with van der Waals surface area (Å²) in [6, 6.07) is 17.0. The first kappa shape index (κ1) is 14.7. The largest absolute Gasteiger partial charge is 0.454 e. The van der Waals surface area contributed by atoms with Gasteiger partial charge in [0.15, 0.2) is 5.58 Å². The van der Waals surface area contributed by atoms with Crippen molar-refractivity contribution in [3.63, 3.8) is 0 Å². The average molecular weight is 327 g/mol. The fourth-order valence-electron chi connectivity index (χ4n) is 4.25. The Morgan fingerprint density at radius 3 is 2.36 bits per heavy atom. The van der Waals surface area contributed by atoms with E-state index in [1.807, 2.05) is 24.4 Å². The summed E-state index contributed by atoms with van der Waals surface area (Å²) in [6.45, 7) is 4.67. The molecule has 4 aromatic rings. The maximum atomic E-state index is 6.33. The van der Waals surface area contributed by atoms with Gasteiger partial charge in [-0.1, -0.05) is 44.2 Å². The Labute approximate surface area is 147 Å². The van der Waals surface area contributed by atoms with Crippen LogP contribution in [0.5, 0.6) is 0 Å². The summed E-state index contributed by atoms with van der Waals surface area (Å²) in [5, 5.41) is 2.38. The van der Waals surface area contributed by atoms with Gasteiger partial charge in [-0.3, -0.25) is 4.98 Å². The van der Waals surface area contributed by atoms with Crippen molar-refractivity contribution in [2.45, 2.75) is 38.5 Å². The highest BCUT2D eigenvalue weighted by atomic mass is 16.3. The quantitative estimate of drug-likeness (QED) is 0.391. The van der Waals surface area contributed by atoms with Crippen molar-refractivity contribution >= 4 is 21.9 Å². The van der Waals surface area contributed by atoms with Gasteiger partial charge in [0.25, 0.3) is 0 Å². The smallest absolute Gasteiger partial charge is 0.161 e. The number of pyridine rings is 1. The summed E-state index contributed by atoms with van der Waals surface area (Å²) >= 11 is 0. The molecule has 0 saturated carbocycles. The maximum absolute atomic E-state index is 6.33. The first-order valence-electron chi connectivity index (χ1n) is 9.13. The van der Waals surface area contributed by atoms with Gasteiger partial charge < -0.3 is 4.42 Å². The SMILES string of the molecule is CC1CCC(C)c2cc3c(cc21)oc1c(-c2ccccc2)nccc13. The molecule has 2 aromatic carbocycles. The van der Waals surface area contributed by atoms with Crippen molar-refractivity contribution < 1.29 is 4.42 Å². The third kappa shape index (κ3) is 2.21. The molecule has 2 heteroatoms. The molecule has 1 aliphatic carbocycles. The zero-order valence-electron chi connectivity index (χ0n) is 14.6. The van der Waals surface area contributed by atoms with Crippen molar-refractivity contribution in [1.82, 2.24) is 4.98 Å². The van der Waals surface area contributed by atoms with Gasteiger partial charge in [0.1, 0.15) is 11.3 Å². The number of aromatic nitrogens is 1. The van der Waals surface area contributed by atoms with Gasteiger partial charge in [0.05, 0.1) is 0 Å². The molecule has 124 valence electrons. The minimum absolute atomic E-state index is 0.607. The Morgan fingerprint density at radius 1 is 0.880 bits per heavy atom. The number of furan rings is 1. The van der Waals surface area contributed by atoms with Crippen LogP contribution in [0.25, 0.3) is 33.2 Å². The molecule has 25 heavy (non-hydrogen) atoms. The number of fused-ring (bicyclic) bond motifs is 4. The van der Waals surface area contributed by atoms with Crippen LogP contribution in [-0.2, 0) is 0 Å². The zero-order chi connectivity index (χ0) is 17.0. The number of rotatable bonds is 1. The van der Waals surface area contributed by atoms with E-state index in [2.05, 4.69) is 49.2 Å². The molecule has 1 aliphatic rings. The van der Waals surface area contributed by atoms with Crippen molar-refractivity contribution in [3.05, 3.63) is 65.9 Å². The van der Waals surface area contributed by atoms with Gasteiger partial charge in [-0.25, -0.2) is 0 Å². The summed E-state index contributed by atoms with van der Waals surface area (Å²) in [4.78, 5) is 4.61. The van der Waals surface area contributed by atoms with Crippen LogP contribution in [0.1, 0.15) is 49.7 Å². The van der Waals surface area contributed by atoms with Gasteiger partial charge in [-0.15, -0.1) is 0 Å². The lowest BCUT2D eigenvalue weighted by Crippen LogP contribution is -2.10. The number of hydrogen-bond donors (Lipinski definition) is 0. The second-order valence-electron chi connectivity index (χ2n) is 7.36. The second kappa shape index (κ2) is 5.45. The molecular weight excluding hydrogens is 306 g/mol. The fourth-order valence-corrected chi connectivity index (χ4v) is 4.25. The lowest BCUT2D eigenvalue weighted by molar-refractivity contribution is 0.527. The van der Waals surface area contributed by atoms with Crippen LogP contribution >= 0.6 is 0 Å². The van der Waals surface area contributed by atoms with Crippen LogP contribution in [0.4, 0.5) is 0 Å². The van der Waals surface area contributed by atoms with E-state index in [0.29, 0.717) is 11.8 Å². The highest BCUT2D eigenvalue weighted by Crippen LogP contribution is 2.43. The van der Waals surface area contributed by atoms with Crippen LogP contribution in [0.3, 0.4) is 0 Å². The van der Waals surface area contributed by atoms with Crippen LogP contribution in [-0.4, -0.2) is 4.98 Å². The van der Waals surface area contributed by atoms with Gasteiger partial charge in [0, 0.05) is 22.5 Å². The lowest BCUT2D eigenvalue weighted by atomic mass is 9.78. The van der Waals surface area contributed by atoms with E-state index in [0.717, 1.165) is 27.8 Å². The molecule has 0 amide bonds. The Balaban J connectivity index is 1.82. The topological polar surface area (TPSA) is 26.0 Å². The van der Waals surface area contributed by atoms with Crippen LogP contribution in [0, 0.1) is 0 Å². The minimum Gasteiger partial charge on any atom is -0.454 e. The first-order valence-corrected chi connectivity index (χ1v) is 9.13. The fraction of sp³-hybridized carbons (Fsp3) is 0.261. The highest BCUT2D eigenvalue weighted by molar-refractivity contribution is 6.09. The Bertz CT molecular complexity index is 1080. The highest BCUT2D eigenvalue weighted by Gasteiger charge is 2.24. The summed E-state index contributed by atoms with van der Waals surface area (Å²) < 4.78 is 6.33. The van der Waals surface area contributed by atoms with Crippen molar-refractivity contribution in [3.8, 4) is 11.3 Å². The zero-order valence-corrected chi connectivity index (χ0v) is 14.6. The van der Waals surface area contributed by atoms with E-state index in [1.54, 1.807) is 0 Å². The van der Waals surface area contributed by atoms with Crippen molar-refractivity contribution in [2.24, 2.45) is 0 Å². The molecule has 0 bridgehead atoms. The molecule has 2 aromatic heterocycles. The van der Waals surface area contributed by atoms with Gasteiger partial charge in [0.2, 0.25) is 0 Å². The number of benzene rings is 2. The molecule has 0 aliphatic heterocycles. The second-order valence-corrected chi connectivity index (χ2v) is 7.36. The molecule has 0 saturated heterocycles. The summed E-state index contributed by atoms with van der Waals surface area (Å²) in [7, 11) is 0. The minimum atomic E-state index is 0.607. The van der Waals surface area contributed by atoms with E-state index in [-0.39, 0.29) is 0 Å². The molecular formula is C23H21NO. The van der Waals surface area contributed by atoms with E-state index < -0.39 is 0 Å². The molecule has 2 atom stereocenters. The van der Waals surface area contributed by atoms with E-state index in [1.165, 1.54) is 29.4 Å². The van der Waals surface area contributed by atoms with E-state index in [4.69, 9.17) is 4.42 Å². The maximum Gasteiger partial charge on any atom is 0.161 e. The number of nitrogens with zero attached hydrogens (tertiary/aromatic N) is 1. The van der Waals surface area contributed by atoms with Crippen molar-refractivity contribution in [1.29, 1.82) is 0 Å². The van der Waals surface area contributed by atoms with Crippen LogP contribution in [0.15, 0.2) is 59.1 Å². The van der Waals surface area contributed by atoms with Crippen LogP contribution < -0.4 is 0 Å².